The Hall–Kier alpha value is -1.09. The Morgan fingerprint density at radius 3 is 2.83 bits per heavy atom. The first kappa shape index (κ1) is 13.3. The maximum atomic E-state index is 12.3. The molecule has 0 saturated heterocycles. The van der Waals surface area contributed by atoms with E-state index in [0.717, 1.165) is 16.9 Å². The van der Waals surface area contributed by atoms with Crippen molar-refractivity contribution in [3.05, 3.63) is 29.3 Å². The van der Waals surface area contributed by atoms with Gasteiger partial charge in [0, 0.05) is 16.2 Å². The van der Waals surface area contributed by atoms with Crippen molar-refractivity contribution in [1.29, 1.82) is 0 Å². The molecule has 0 unspecified atom stereocenters. The number of carbonyl (C=O) groups is 2. The van der Waals surface area contributed by atoms with E-state index in [1.807, 2.05) is 12.1 Å². The second kappa shape index (κ2) is 5.27. The Labute approximate surface area is 112 Å². The fourth-order valence-electron chi connectivity index (χ4n) is 2.15. The van der Waals surface area contributed by atoms with E-state index in [1.54, 1.807) is 11.8 Å². The summed E-state index contributed by atoms with van der Waals surface area (Å²) in [5.41, 5.74) is 1.93. The highest BCUT2D eigenvalue weighted by atomic mass is 32.2. The summed E-state index contributed by atoms with van der Waals surface area (Å²) in [5, 5.41) is 0. The zero-order chi connectivity index (χ0) is 13.3. The van der Waals surface area contributed by atoms with Crippen molar-refractivity contribution >= 4 is 23.3 Å². The molecule has 0 fully saturated rings. The van der Waals surface area contributed by atoms with E-state index in [0.29, 0.717) is 11.7 Å². The summed E-state index contributed by atoms with van der Waals surface area (Å²) in [6.07, 6.45) is 1.05. The summed E-state index contributed by atoms with van der Waals surface area (Å²) < 4.78 is 0. The number of rotatable bonds is 3. The highest BCUT2D eigenvalue weighted by molar-refractivity contribution is 7.99. The molecule has 2 atom stereocenters. The fraction of sp³-hybridized carbons (Fsp3) is 0.467. The molecular formula is C15H18O2S. The van der Waals surface area contributed by atoms with Crippen LogP contribution in [0.15, 0.2) is 23.1 Å². The van der Waals surface area contributed by atoms with Gasteiger partial charge in [-0.25, -0.2) is 0 Å². The van der Waals surface area contributed by atoms with Crippen LogP contribution < -0.4 is 0 Å². The Morgan fingerprint density at radius 2 is 2.22 bits per heavy atom. The monoisotopic (exact) mass is 262 g/mol. The van der Waals surface area contributed by atoms with Crippen molar-refractivity contribution in [2.75, 3.05) is 5.75 Å². The zero-order valence-corrected chi connectivity index (χ0v) is 11.8. The minimum atomic E-state index is -0.449. The topological polar surface area (TPSA) is 34.1 Å². The molecule has 0 saturated carbocycles. The standard InChI is InChI=1S/C15H18O2S/c1-4-9(2)11-5-6-14-12(7-11)15(17)13(8-18-14)10(3)16/h5-7,9,13H,4,8H2,1-3H3/t9-,13+/m1/s1. The van der Waals surface area contributed by atoms with Crippen molar-refractivity contribution in [3.63, 3.8) is 0 Å². The summed E-state index contributed by atoms with van der Waals surface area (Å²) in [6.45, 7) is 5.80. The van der Waals surface area contributed by atoms with Gasteiger partial charge in [0.1, 0.15) is 5.78 Å². The SMILES string of the molecule is CC[C@@H](C)c1ccc2c(c1)C(=O)[C@H](C(C)=O)CS2. The van der Waals surface area contributed by atoms with Crippen LogP contribution in [0.5, 0.6) is 0 Å². The highest BCUT2D eigenvalue weighted by Crippen LogP contribution is 2.35. The van der Waals surface area contributed by atoms with E-state index in [2.05, 4.69) is 19.9 Å². The van der Waals surface area contributed by atoms with Crippen molar-refractivity contribution in [2.24, 2.45) is 5.92 Å². The van der Waals surface area contributed by atoms with Gasteiger partial charge in [-0.15, -0.1) is 11.8 Å². The number of hydrogen-bond donors (Lipinski definition) is 0. The minimum Gasteiger partial charge on any atom is -0.299 e. The van der Waals surface area contributed by atoms with Crippen LogP contribution in [0.4, 0.5) is 0 Å². The maximum Gasteiger partial charge on any atom is 0.175 e. The van der Waals surface area contributed by atoms with Gasteiger partial charge in [0.25, 0.3) is 0 Å². The van der Waals surface area contributed by atoms with Crippen molar-refractivity contribution in [3.8, 4) is 0 Å². The van der Waals surface area contributed by atoms with Gasteiger partial charge in [-0.3, -0.25) is 9.59 Å². The van der Waals surface area contributed by atoms with Gasteiger partial charge in [0.05, 0.1) is 5.92 Å². The number of thioether (sulfide) groups is 1. The lowest BCUT2D eigenvalue weighted by Crippen LogP contribution is -2.28. The van der Waals surface area contributed by atoms with E-state index in [9.17, 15) is 9.59 Å². The van der Waals surface area contributed by atoms with Gasteiger partial charge in [-0.2, -0.15) is 0 Å². The Bertz CT molecular complexity index is 493. The van der Waals surface area contributed by atoms with Crippen LogP contribution in [0.2, 0.25) is 0 Å². The van der Waals surface area contributed by atoms with Crippen LogP contribution in [0.25, 0.3) is 0 Å². The van der Waals surface area contributed by atoms with Gasteiger partial charge in [-0.05, 0) is 37.0 Å². The van der Waals surface area contributed by atoms with E-state index in [1.165, 1.54) is 12.5 Å². The van der Waals surface area contributed by atoms with Crippen LogP contribution in [-0.2, 0) is 4.79 Å². The second-order valence-electron chi connectivity index (χ2n) is 4.90. The molecule has 1 aliphatic rings. The van der Waals surface area contributed by atoms with E-state index >= 15 is 0 Å². The van der Waals surface area contributed by atoms with Crippen LogP contribution in [0.3, 0.4) is 0 Å². The molecule has 3 heteroatoms. The molecule has 0 bridgehead atoms. The van der Waals surface area contributed by atoms with E-state index < -0.39 is 5.92 Å². The van der Waals surface area contributed by atoms with Gasteiger partial charge in [-0.1, -0.05) is 19.9 Å². The molecule has 0 radical (unpaired) electrons. The molecule has 2 rings (SSSR count). The summed E-state index contributed by atoms with van der Waals surface area (Å²) >= 11 is 1.62. The van der Waals surface area contributed by atoms with Gasteiger partial charge < -0.3 is 0 Å². The average Bonchev–Trinajstić information content (AvgIpc) is 2.37. The third-order valence-corrected chi connectivity index (χ3v) is 4.83. The van der Waals surface area contributed by atoms with Gasteiger partial charge in [0.15, 0.2) is 5.78 Å². The lowest BCUT2D eigenvalue weighted by atomic mass is 9.91. The molecule has 0 spiro atoms. The van der Waals surface area contributed by atoms with Crippen LogP contribution in [0, 0.1) is 5.92 Å². The molecular weight excluding hydrogens is 244 g/mol. The highest BCUT2D eigenvalue weighted by Gasteiger charge is 2.31. The number of benzene rings is 1. The first-order chi connectivity index (χ1) is 8.54. The Balaban J connectivity index is 2.39. The number of Topliss-reactive ketones (excluding diaryl/α,β-unsaturated/α-hetero) is 2. The third-order valence-electron chi connectivity index (χ3n) is 3.66. The number of ketones is 2. The molecule has 0 N–H and O–H groups in total. The summed E-state index contributed by atoms with van der Waals surface area (Å²) in [7, 11) is 0. The quantitative estimate of drug-likeness (QED) is 0.779. The summed E-state index contributed by atoms with van der Waals surface area (Å²) in [4.78, 5) is 24.8. The summed E-state index contributed by atoms with van der Waals surface area (Å²) in [5.74, 6) is 0.568. The second-order valence-corrected chi connectivity index (χ2v) is 5.97. The van der Waals surface area contributed by atoms with Crippen LogP contribution >= 0.6 is 11.8 Å². The van der Waals surface area contributed by atoms with Gasteiger partial charge >= 0.3 is 0 Å². The fourth-order valence-corrected chi connectivity index (χ4v) is 3.36. The molecule has 96 valence electrons. The normalized spacial score (nSPS) is 20.4. The largest absolute Gasteiger partial charge is 0.299 e. The minimum absolute atomic E-state index is 0.00130. The average molecular weight is 262 g/mol. The Morgan fingerprint density at radius 1 is 1.50 bits per heavy atom. The molecule has 1 aromatic carbocycles. The number of fused-ring (bicyclic) bond motifs is 1. The van der Waals surface area contributed by atoms with Crippen molar-refractivity contribution in [2.45, 2.75) is 38.0 Å². The Kier molecular flexibility index (Phi) is 3.91. The van der Waals surface area contributed by atoms with Crippen LogP contribution in [-0.4, -0.2) is 17.3 Å². The predicted octanol–water partition coefficient (Wildman–Crippen LogP) is 3.69. The molecule has 1 heterocycles. The number of hydrogen-bond acceptors (Lipinski definition) is 3. The van der Waals surface area contributed by atoms with E-state index in [4.69, 9.17) is 0 Å². The zero-order valence-electron chi connectivity index (χ0n) is 11.0. The number of carbonyl (C=O) groups excluding carboxylic acids is 2. The molecule has 18 heavy (non-hydrogen) atoms. The molecule has 0 aromatic heterocycles. The van der Waals surface area contributed by atoms with Gasteiger partial charge in [0.2, 0.25) is 0 Å². The maximum absolute atomic E-state index is 12.3. The molecule has 2 nitrogen and oxygen atoms in total. The lowest BCUT2D eigenvalue weighted by Gasteiger charge is -2.22. The first-order valence-corrected chi connectivity index (χ1v) is 7.34. The molecule has 1 aliphatic heterocycles. The smallest absolute Gasteiger partial charge is 0.175 e. The predicted molar refractivity (Wildman–Crippen MR) is 74.4 cm³/mol. The molecule has 0 amide bonds. The molecule has 1 aromatic rings. The lowest BCUT2D eigenvalue weighted by molar-refractivity contribution is -0.118. The van der Waals surface area contributed by atoms with Crippen molar-refractivity contribution in [1.82, 2.24) is 0 Å². The summed E-state index contributed by atoms with van der Waals surface area (Å²) in [6, 6.07) is 6.10. The third kappa shape index (κ3) is 2.37. The van der Waals surface area contributed by atoms with E-state index in [-0.39, 0.29) is 11.6 Å². The first-order valence-electron chi connectivity index (χ1n) is 6.36. The van der Waals surface area contributed by atoms with Crippen LogP contribution in [0.1, 0.15) is 49.0 Å². The van der Waals surface area contributed by atoms with Crippen molar-refractivity contribution < 1.29 is 9.59 Å². The molecule has 0 aliphatic carbocycles.